The predicted molar refractivity (Wildman–Crippen MR) is 118 cm³/mol. The summed E-state index contributed by atoms with van der Waals surface area (Å²) in [7, 11) is 0. The van der Waals surface area contributed by atoms with E-state index >= 15 is 0 Å². The molecule has 4 rings (SSSR count). The first-order valence-electron chi connectivity index (χ1n) is 9.07. The third kappa shape index (κ3) is 3.99. The van der Waals surface area contributed by atoms with Gasteiger partial charge in [0, 0.05) is 17.0 Å². The van der Waals surface area contributed by atoms with Gasteiger partial charge in [0.15, 0.2) is 17.3 Å². The number of nitrogens with zero attached hydrogens (tertiary/aromatic N) is 3. The van der Waals surface area contributed by atoms with Crippen LogP contribution in [0.3, 0.4) is 0 Å². The first kappa shape index (κ1) is 20.2. The van der Waals surface area contributed by atoms with Gasteiger partial charge in [-0.15, -0.1) is 5.10 Å². The molecule has 2 aromatic carbocycles. The maximum Gasteiger partial charge on any atom is 0.308 e. The molecule has 0 bridgehead atoms. The normalized spacial score (nSPS) is 11.8. The van der Waals surface area contributed by atoms with Gasteiger partial charge < -0.3 is 9.47 Å². The van der Waals surface area contributed by atoms with Gasteiger partial charge in [0.1, 0.15) is 0 Å². The highest BCUT2D eigenvalue weighted by atomic mass is 79.9. The Morgan fingerprint density at radius 1 is 1.23 bits per heavy atom. The van der Waals surface area contributed by atoms with Crippen LogP contribution in [0.25, 0.3) is 22.4 Å². The number of esters is 1. The van der Waals surface area contributed by atoms with Crippen LogP contribution in [0.5, 0.6) is 11.5 Å². The van der Waals surface area contributed by atoms with Crippen molar-refractivity contribution in [3.8, 4) is 22.9 Å². The molecule has 7 nitrogen and oxygen atoms in total. The molecule has 0 saturated carbocycles. The highest BCUT2D eigenvalue weighted by Gasteiger charge is 2.14. The number of fused-ring (bicyclic) bond motifs is 1. The summed E-state index contributed by atoms with van der Waals surface area (Å²) in [5, 5.41) is 4.37. The van der Waals surface area contributed by atoms with Crippen molar-refractivity contribution in [3.63, 3.8) is 0 Å². The molecule has 2 heterocycles. The fourth-order valence-electron chi connectivity index (χ4n) is 2.86. The highest BCUT2D eigenvalue weighted by molar-refractivity contribution is 9.10. The van der Waals surface area contributed by atoms with Crippen LogP contribution >= 0.6 is 27.3 Å². The second-order valence-corrected chi connectivity index (χ2v) is 8.12. The van der Waals surface area contributed by atoms with Gasteiger partial charge in [-0.05, 0) is 42.8 Å². The van der Waals surface area contributed by atoms with E-state index in [1.54, 1.807) is 24.3 Å². The maximum atomic E-state index is 12.8. The van der Waals surface area contributed by atoms with Gasteiger partial charge in [0.25, 0.3) is 5.56 Å². The first-order chi connectivity index (χ1) is 14.5. The van der Waals surface area contributed by atoms with Crippen molar-refractivity contribution in [2.45, 2.75) is 13.8 Å². The number of aromatic nitrogens is 3. The van der Waals surface area contributed by atoms with E-state index in [4.69, 9.17) is 9.47 Å². The quantitative estimate of drug-likeness (QED) is 0.318. The van der Waals surface area contributed by atoms with E-state index in [1.807, 2.05) is 31.2 Å². The molecule has 9 heteroatoms. The first-order valence-corrected chi connectivity index (χ1v) is 10.7. The molecule has 0 spiro atoms. The van der Waals surface area contributed by atoms with Crippen LogP contribution < -0.4 is 19.6 Å². The summed E-state index contributed by atoms with van der Waals surface area (Å²) in [5.41, 5.74) is 1.31. The van der Waals surface area contributed by atoms with Crippen LogP contribution in [0, 0.1) is 0 Å². The lowest BCUT2D eigenvalue weighted by atomic mass is 10.2. The largest absolute Gasteiger partial charge is 0.490 e. The number of hydrogen-bond donors (Lipinski definition) is 0. The highest BCUT2D eigenvalue weighted by Crippen LogP contribution is 2.29. The Morgan fingerprint density at radius 3 is 2.73 bits per heavy atom. The Hall–Kier alpha value is -3.04. The molecule has 152 valence electrons. The van der Waals surface area contributed by atoms with Gasteiger partial charge in [-0.3, -0.25) is 9.59 Å². The van der Waals surface area contributed by atoms with Crippen molar-refractivity contribution in [2.75, 3.05) is 6.61 Å². The molecule has 0 saturated heterocycles. The fourth-order valence-corrected chi connectivity index (χ4v) is 4.23. The van der Waals surface area contributed by atoms with Gasteiger partial charge in [-0.2, -0.15) is 9.50 Å². The summed E-state index contributed by atoms with van der Waals surface area (Å²) >= 11 is 4.74. The average Bonchev–Trinajstić information content (AvgIpc) is 3.24. The van der Waals surface area contributed by atoms with E-state index < -0.39 is 5.97 Å². The SMILES string of the molecule is CCOc1cc(/C=c2\sc3nc(-c4ccccc4Br)nn3c2=O)ccc1OC(C)=O. The van der Waals surface area contributed by atoms with Gasteiger partial charge in [0.05, 0.1) is 11.1 Å². The monoisotopic (exact) mass is 485 g/mol. The Morgan fingerprint density at radius 2 is 2.03 bits per heavy atom. The van der Waals surface area contributed by atoms with E-state index in [0.717, 1.165) is 15.6 Å². The van der Waals surface area contributed by atoms with Crippen LogP contribution in [0.4, 0.5) is 0 Å². The zero-order valence-corrected chi connectivity index (χ0v) is 18.5. The minimum atomic E-state index is -0.430. The van der Waals surface area contributed by atoms with Crippen LogP contribution in [0.15, 0.2) is 51.7 Å². The molecule has 0 aliphatic carbocycles. The zero-order chi connectivity index (χ0) is 21.3. The lowest BCUT2D eigenvalue weighted by molar-refractivity contribution is -0.132. The molecule has 0 amide bonds. The summed E-state index contributed by atoms with van der Waals surface area (Å²) in [6, 6.07) is 12.7. The summed E-state index contributed by atoms with van der Waals surface area (Å²) in [6.07, 6.45) is 1.74. The van der Waals surface area contributed by atoms with Crippen LogP contribution in [-0.4, -0.2) is 27.2 Å². The minimum absolute atomic E-state index is 0.247. The molecule has 0 fully saturated rings. The maximum absolute atomic E-state index is 12.8. The molecule has 0 atom stereocenters. The lowest BCUT2D eigenvalue weighted by Crippen LogP contribution is -2.23. The number of hydrogen-bond acceptors (Lipinski definition) is 7. The molecular formula is C21H16BrN3O4S. The lowest BCUT2D eigenvalue weighted by Gasteiger charge is -2.10. The number of thiazole rings is 1. The van der Waals surface area contributed by atoms with Gasteiger partial charge in [0.2, 0.25) is 4.96 Å². The summed E-state index contributed by atoms with van der Waals surface area (Å²) in [6.45, 7) is 3.58. The molecule has 4 aromatic rings. The van der Waals surface area contributed by atoms with Crippen molar-refractivity contribution in [3.05, 3.63) is 67.4 Å². The molecule has 2 aromatic heterocycles. The van der Waals surface area contributed by atoms with E-state index in [1.165, 1.54) is 22.8 Å². The van der Waals surface area contributed by atoms with E-state index in [2.05, 4.69) is 26.0 Å². The summed E-state index contributed by atoms with van der Waals surface area (Å²) in [5.74, 6) is 0.830. The average molecular weight is 486 g/mol. The Kier molecular flexibility index (Phi) is 5.65. The third-order valence-electron chi connectivity index (χ3n) is 4.12. The molecule has 30 heavy (non-hydrogen) atoms. The molecule has 0 unspecified atom stereocenters. The van der Waals surface area contributed by atoms with Crippen LogP contribution in [0.1, 0.15) is 19.4 Å². The summed E-state index contributed by atoms with van der Waals surface area (Å²) < 4.78 is 13.4. The molecular weight excluding hydrogens is 470 g/mol. The fraction of sp³-hybridized carbons (Fsp3) is 0.143. The Labute approximate surface area is 183 Å². The number of halogens is 1. The Balaban J connectivity index is 1.75. The van der Waals surface area contributed by atoms with Crippen molar-refractivity contribution < 1.29 is 14.3 Å². The van der Waals surface area contributed by atoms with Crippen molar-refractivity contribution in [1.82, 2.24) is 14.6 Å². The van der Waals surface area contributed by atoms with Gasteiger partial charge in [-0.25, -0.2) is 0 Å². The molecule has 0 radical (unpaired) electrons. The third-order valence-corrected chi connectivity index (χ3v) is 5.77. The standard InChI is InChI=1S/C21H16BrN3O4S/c1-3-28-17-10-13(8-9-16(17)29-12(2)26)11-18-20(27)25-21(30-18)23-19(24-25)14-6-4-5-7-15(14)22/h4-11H,3H2,1-2H3/b18-11-. The van der Waals surface area contributed by atoms with E-state index in [9.17, 15) is 9.59 Å². The molecule has 0 aliphatic heterocycles. The van der Waals surface area contributed by atoms with Gasteiger partial charge >= 0.3 is 5.97 Å². The van der Waals surface area contributed by atoms with Crippen molar-refractivity contribution >= 4 is 44.3 Å². The smallest absolute Gasteiger partial charge is 0.308 e. The summed E-state index contributed by atoms with van der Waals surface area (Å²) in [4.78, 5) is 29.1. The number of rotatable bonds is 5. The van der Waals surface area contributed by atoms with Gasteiger partial charge in [-0.1, -0.05) is 45.5 Å². The number of ether oxygens (including phenoxy) is 2. The molecule has 0 N–H and O–H groups in total. The number of carbonyl (C=O) groups excluding carboxylic acids is 1. The number of carbonyl (C=O) groups is 1. The second-order valence-electron chi connectivity index (χ2n) is 6.26. The second kappa shape index (κ2) is 8.37. The van der Waals surface area contributed by atoms with E-state index in [-0.39, 0.29) is 5.56 Å². The van der Waals surface area contributed by atoms with E-state index in [0.29, 0.717) is 33.4 Å². The molecule has 0 aliphatic rings. The predicted octanol–water partition coefficient (Wildman–Crippen LogP) is 3.45. The van der Waals surface area contributed by atoms with Crippen LogP contribution in [-0.2, 0) is 4.79 Å². The number of benzene rings is 2. The topological polar surface area (TPSA) is 82.8 Å². The Bertz CT molecular complexity index is 1360. The minimum Gasteiger partial charge on any atom is -0.490 e. The van der Waals surface area contributed by atoms with Crippen LogP contribution in [0.2, 0.25) is 0 Å². The van der Waals surface area contributed by atoms with Crippen molar-refractivity contribution in [1.29, 1.82) is 0 Å². The zero-order valence-electron chi connectivity index (χ0n) is 16.1. The van der Waals surface area contributed by atoms with Crippen molar-refractivity contribution in [2.24, 2.45) is 0 Å².